The summed E-state index contributed by atoms with van der Waals surface area (Å²) in [6.07, 6.45) is 0.929. The average Bonchev–Trinajstić information content (AvgIpc) is 2.65. The highest BCUT2D eigenvalue weighted by Crippen LogP contribution is 2.11. The third-order valence-corrected chi connectivity index (χ3v) is 4.35. The second-order valence-electron chi connectivity index (χ2n) is 6.27. The number of nitrogens with zero attached hydrogens (tertiary/aromatic N) is 3. The van der Waals surface area contributed by atoms with Crippen molar-refractivity contribution < 1.29 is 9.59 Å². The summed E-state index contributed by atoms with van der Waals surface area (Å²) in [5.41, 5.74) is 1.98. The van der Waals surface area contributed by atoms with Gasteiger partial charge in [0, 0.05) is 45.3 Å². The Balaban J connectivity index is 1.93. The molecule has 7 heteroatoms. The summed E-state index contributed by atoms with van der Waals surface area (Å²) < 4.78 is 0. The van der Waals surface area contributed by atoms with Crippen LogP contribution in [-0.4, -0.2) is 66.8 Å². The van der Waals surface area contributed by atoms with Gasteiger partial charge in [-0.25, -0.2) is 4.99 Å². The predicted octanol–water partition coefficient (Wildman–Crippen LogP) is 1.32. The molecular weight excluding hydrogens is 330 g/mol. The first-order valence-corrected chi connectivity index (χ1v) is 9.21. The molecule has 1 aliphatic heterocycles. The van der Waals surface area contributed by atoms with Crippen molar-refractivity contribution in [1.82, 2.24) is 15.1 Å². The van der Waals surface area contributed by atoms with E-state index in [4.69, 9.17) is 0 Å². The fourth-order valence-corrected chi connectivity index (χ4v) is 2.88. The maximum absolute atomic E-state index is 12.2. The highest BCUT2D eigenvalue weighted by molar-refractivity contribution is 5.94. The first kappa shape index (κ1) is 19.8. The Morgan fingerprint density at radius 3 is 2.42 bits per heavy atom. The Morgan fingerprint density at radius 2 is 1.81 bits per heavy atom. The summed E-state index contributed by atoms with van der Waals surface area (Å²) in [4.78, 5) is 32.1. The minimum Gasteiger partial charge on any atom is -0.357 e. The van der Waals surface area contributed by atoms with E-state index >= 15 is 0 Å². The molecule has 1 fully saturated rings. The van der Waals surface area contributed by atoms with Crippen LogP contribution in [0.1, 0.15) is 26.3 Å². The number of carbonyl (C=O) groups is 2. The van der Waals surface area contributed by atoms with E-state index in [-0.39, 0.29) is 18.4 Å². The van der Waals surface area contributed by atoms with E-state index in [1.165, 1.54) is 5.56 Å². The zero-order valence-electron chi connectivity index (χ0n) is 15.9. The largest absolute Gasteiger partial charge is 0.357 e. The smallest absolute Gasteiger partial charge is 0.246 e. The lowest BCUT2D eigenvalue weighted by atomic mass is 10.1. The van der Waals surface area contributed by atoms with Crippen LogP contribution in [0.25, 0.3) is 0 Å². The molecule has 0 saturated carbocycles. The zero-order valence-corrected chi connectivity index (χ0v) is 15.9. The van der Waals surface area contributed by atoms with Gasteiger partial charge in [-0.15, -0.1) is 0 Å². The van der Waals surface area contributed by atoms with E-state index in [1.54, 1.807) is 6.92 Å². The summed E-state index contributed by atoms with van der Waals surface area (Å²) in [6.45, 7) is 9.24. The molecule has 0 aromatic heterocycles. The second-order valence-corrected chi connectivity index (χ2v) is 6.27. The van der Waals surface area contributed by atoms with Crippen molar-refractivity contribution in [2.75, 3.05) is 44.6 Å². The Hall–Kier alpha value is -2.57. The molecule has 7 nitrogen and oxygen atoms in total. The van der Waals surface area contributed by atoms with Crippen LogP contribution in [0.3, 0.4) is 0 Å². The van der Waals surface area contributed by atoms with Crippen molar-refractivity contribution in [3.8, 4) is 0 Å². The van der Waals surface area contributed by atoms with E-state index in [1.807, 2.05) is 36.1 Å². The summed E-state index contributed by atoms with van der Waals surface area (Å²) in [5, 5.41) is 6.12. The first-order valence-electron chi connectivity index (χ1n) is 9.21. The number of amides is 2. The van der Waals surface area contributed by atoms with Crippen LogP contribution in [0.15, 0.2) is 29.3 Å². The summed E-state index contributed by atoms with van der Waals surface area (Å²) in [7, 11) is 0. The van der Waals surface area contributed by atoms with Gasteiger partial charge in [0.2, 0.25) is 11.8 Å². The second kappa shape index (κ2) is 9.79. The van der Waals surface area contributed by atoms with Crippen molar-refractivity contribution in [1.29, 1.82) is 0 Å². The highest BCUT2D eigenvalue weighted by atomic mass is 16.2. The Labute approximate surface area is 155 Å². The van der Waals surface area contributed by atoms with Crippen LogP contribution in [0.4, 0.5) is 5.69 Å². The number of anilines is 1. The Bertz CT molecular complexity index is 651. The maximum Gasteiger partial charge on any atom is 0.246 e. The quantitative estimate of drug-likeness (QED) is 0.614. The Morgan fingerprint density at radius 1 is 1.12 bits per heavy atom. The third-order valence-electron chi connectivity index (χ3n) is 4.35. The number of hydrogen-bond donors (Lipinski definition) is 2. The van der Waals surface area contributed by atoms with Gasteiger partial charge in [0.1, 0.15) is 6.54 Å². The molecule has 0 spiro atoms. The number of benzene rings is 1. The van der Waals surface area contributed by atoms with Crippen molar-refractivity contribution in [2.24, 2.45) is 4.99 Å². The molecule has 0 aliphatic carbocycles. The van der Waals surface area contributed by atoms with E-state index < -0.39 is 0 Å². The van der Waals surface area contributed by atoms with E-state index in [0.717, 1.165) is 18.7 Å². The lowest BCUT2D eigenvalue weighted by Gasteiger charge is -2.36. The molecule has 0 bridgehead atoms. The van der Waals surface area contributed by atoms with Crippen molar-refractivity contribution in [3.05, 3.63) is 29.8 Å². The van der Waals surface area contributed by atoms with E-state index in [0.29, 0.717) is 32.1 Å². The van der Waals surface area contributed by atoms with Crippen LogP contribution in [0, 0.1) is 0 Å². The summed E-state index contributed by atoms with van der Waals surface area (Å²) >= 11 is 0. The molecule has 26 heavy (non-hydrogen) atoms. The van der Waals surface area contributed by atoms with Gasteiger partial charge in [0.05, 0.1) is 0 Å². The topological polar surface area (TPSA) is 77.0 Å². The number of rotatable bonds is 5. The Kier molecular flexibility index (Phi) is 7.44. The normalized spacial score (nSPS) is 15.0. The fourth-order valence-electron chi connectivity index (χ4n) is 2.88. The highest BCUT2D eigenvalue weighted by Gasteiger charge is 2.21. The van der Waals surface area contributed by atoms with Gasteiger partial charge in [-0.05, 0) is 31.0 Å². The molecule has 1 aromatic rings. The zero-order chi connectivity index (χ0) is 18.9. The van der Waals surface area contributed by atoms with Crippen molar-refractivity contribution >= 4 is 23.5 Å². The summed E-state index contributed by atoms with van der Waals surface area (Å²) in [5.74, 6) is 0.671. The standard InChI is InChI=1S/C19H29N5O2/c1-4-16-7-6-8-17(13-16)22-18(26)14-21-19(20-5-2)24-11-9-23(10-12-24)15(3)25/h6-8,13H,4-5,9-12,14H2,1-3H3,(H,20,21)(H,22,26). The third kappa shape index (κ3) is 5.75. The number of piperazine rings is 1. The van der Waals surface area contributed by atoms with Crippen molar-refractivity contribution in [3.63, 3.8) is 0 Å². The van der Waals surface area contributed by atoms with Gasteiger partial charge >= 0.3 is 0 Å². The van der Waals surface area contributed by atoms with Gasteiger partial charge in [0.15, 0.2) is 5.96 Å². The van der Waals surface area contributed by atoms with Gasteiger partial charge in [-0.3, -0.25) is 9.59 Å². The molecule has 1 aliphatic rings. The van der Waals surface area contributed by atoms with Gasteiger partial charge in [-0.1, -0.05) is 19.1 Å². The molecule has 2 amide bonds. The molecule has 0 atom stereocenters. The van der Waals surface area contributed by atoms with E-state index in [2.05, 4.69) is 27.4 Å². The molecule has 2 N–H and O–H groups in total. The molecule has 2 rings (SSSR count). The lowest BCUT2D eigenvalue weighted by molar-refractivity contribution is -0.130. The number of carbonyl (C=O) groups excluding carboxylic acids is 2. The molecule has 0 radical (unpaired) electrons. The first-order chi connectivity index (χ1) is 12.5. The van der Waals surface area contributed by atoms with Crippen molar-refractivity contribution in [2.45, 2.75) is 27.2 Å². The summed E-state index contributed by atoms with van der Waals surface area (Å²) in [6, 6.07) is 7.84. The molecule has 0 unspecified atom stereocenters. The number of hydrogen-bond acceptors (Lipinski definition) is 3. The number of nitrogens with one attached hydrogen (secondary N) is 2. The van der Waals surface area contributed by atoms with E-state index in [9.17, 15) is 9.59 Å². The number of aliphatic imine (C=N–C) groups is 1. The van der Waals surface area contributed by atoms with Gasteiger partial charge < -0.3 is 20.4 Å². The van der Waals surface area contributed by atoms with Crippen LogP contribution in [0.5, 0.6) is 0 Å². The van der Waals surface area contributed by atoms with Gasteiger partial charge in [-0.2, -0.15) is 0 Å². The fraction of sp³-hybridized carbons (Fsp3) is 0.526. The monoisotopic (exact) mass is 359 g/mol. The van der Waals surface area contributed by atoms with Crippen LogP contribution in [0.2, 0.25) is 0 Å². The minimum absolute atomic E-state index is 0.0611. The molecular formula is C19H29N5O2. The van der Waals surface area contributed by atoms with Gasteiger partial charge in [0.25, 0.3) is 0 Å². The van der Waals surface area contributed by atoms with Crippen LogP contribution >= 0.6 is 0 Å². The molecule has 1 aromatic carbocycles. The average molecular weight is 359 g/mol. The minimum atomic E-state index is -0.143. The number of aryl methyl sites for hydroxylation is 1. The maximum atomic E-state index is 12.2. The van der Waals surface area contributed by atoms with Crippen LogP contribution < -0.4 is 10.6 Å². The SMILES string of the molecule is CCNC(=NCC(=O)Nc1cccc(CC)c1)N1CCN(C(C)=O)CC1. The molecule has 1 saturated heterocycles. The van der Waals surface area contributed by atoms with Crippen LogP contribution in [-0.2, 0) is 16.0 Å². The molecule has 142 valence electrons. The number of guanidine groups is 1. The predicted molar refractivity (Wildman–Crippen MR) is 104 cm³/mol. The lowest BCUT2D eigenvalue weighted by Crippen LogP contribution is -2.53. The molecule has 1 heterocycles.